The number of hydrogen-bond acceptors (Lipinski definition) is 2. The van der Waals surface area contributed by atoms with Gasteiger partial charge in [-0.2, -0.15) is 0 Å². The van der Waals surface area contributed by atoms with Crippen LogP contribution in [0, 0.1) is 5.92 Å². The Morgan fingerprint density at radius 3 is 2.30 bits per heavy atom. The molecule has 0 saturated heterocycles. The first-order chi connectivity index (χ1) is 11.2. The molecule has 0 amide bonds. The van der Waals surface area contributed by atoms with Gasteiger partial charge in [0, 0.05) is 22.9 Å². The summed E-state index contributed by atoms with van der Waals surface area (Å²) in [6.45, 7) is 4.35. The molecule has 2 heteroatoms. The van der Waals surface area contributed by atoms with Crippen LogP contribution in [0.25, 0.3) is 0 Å². The lowest BCUT2D eigenvalue weighted by molar-refractivity contribution is 0.103. The van der Waals surface area contributed by atoms with Crippen molar-refractivity contribution < 1.29 is 4.79 Å². The summed E-state index contributed by atoms with van der Waals surface area (Å²) in [6.07, 6.45) is 1.90. The van der Waals surface area contributed by atoms with Crippen LogP contribution in [-0.4, -0.2) is 5.78 Å². The normalized spacial score (nSPS) is 18.8. The second-order valence-electron chi connectivity index (χ2n) is 6.30. The van der Waals surface area contributed by atoms with Crippen molar-refractivity contribution in [3.63, 3.8) is 0 Å². The molecule has 1 N–H and O–H groups in total. The highest BCUT2D eigenvalue weighted by Crippen LogP contribution is 2.33. The summed E-state index contributed by atoms with van der Waals surface area (Å²) in [5.74, 6) is 0.571. The monoisotopic (exact) mass is 305 g/mol. The number of rotatable bonds is 5. The molecule has 0 aromatic heterocycles. The van der Waals surface area contributed by atoms with Gasteiger partial charge in [-0.15, -0.1) is 0 Å². The Morgan fingerprint density at radius 2 is 1.65 bits per heavy atom. The van der Waals surface area contributed by atoms with Crippen molar-refractivity contribution >= 4 is 5.78 Å². The van der Waals surface area contributed by atoms with Gasteiger partial charge in [0.2, 0.25) is 0 Å². The first-order valence-electron chi connectivity index (χ1n) is 8.31. The molecular formula is C21H23NO. The summed E-state index contributed by atoms with van der Waals surface area (Å²) in [7, 11) is 0. The highest BCUT2D eigenvalue weighted by atomic mass is 16.1. The van der Waals surface area contributed by atoms with Crippen LogP contribution in [0.1, 0.15) is 48.7 Å². The Bertz CT molecular complexity index is 703. The average molecular weight is 305 g/mol. The molecule has 0 bridgehead atoms. The minimum atomic E-state index is 0.165. The third-order valence-corrected chi connectivity index (χ3v) is 4.63. The van der Waals surface area contributed by atoms with E-state index >= 15 is 0 Å². The molecule has 23 heavy (non-hydrogen) atoms. The summed E-state index contributed by atoms with van der Waals surface area (Å²) in [4.78, 5) is 12.8. The van der Waals surface area contributed by atoms with E-state index in [1.807, 2.05) is 36.4 Å². The first-order valence-corrected chi connectivity index (χ1v) is 8.31. The molecule has 1 aliphatic carbocycles. The lowest BCUT2D eigenvalue weighted by Crippen LogP contribution is -2.22. The largest absolute Gasteiger partial charge is 0.381 e. The van der Waals surface area contributed by atoms with Crippen LogP contribution in [0.4, 0.5) is 0 Å². The zero-order valence-corrected chi connectivity index (χ0v) is 13.8. The SMILES string of the molecule is C[C@@H]1CCC(C(=O)c2ccccc2)=C1N[C@H](C)c1ccccc1. The highest BCUT2D eigenvalue weighted by molar-refractivity contribution is 6.09. The van der Waals surface area contributed by atoms with Gasteiger partial charge in [-0.1, -0.05) is 67.6 Å². The minimum Gasteiger partial charge on any atom is -0.381 e. The number of hydrogen-bond donors (Lipinski definition) is 1. The minimum absolute atomic E-state index is 0.165. The van der Waals surface area contributed by atoms with E-state index in [0.717, 1.165) is 29.7 Å². The fourth-order valence-electron chi connectivity index (χ4n) is 3.22. The van der Waals surface area contributed by atoms with Gasteiger partial charge in [0.15, 0.2) is 5.78 Å². The quantitative estimate of drug-likeness (QED) is 0.796. The van der Waals surface area contributed by atoms with Crippen molar-refractivity contribution in [2.45, 2.75) is 32.7 Å². The van der Waals surface area contributed by atoms with Gasteiger partial charge in [0.05, 0.1) is 0 Å². The maximum Gasteiger partial charge on any atom is 0.190 e. The van der Waals surface area contributed by atoms with Crippen LogP contribution < -0.4 is 5.32 Å². The van der Waals surface area contributed by atoms with Gasteiger partial charge in [-0.25, -0.2) is 0 Å². The fraction of sp³-hybridized carbons (Fsp3) is 0.286. The van der Waals surface area contributed by atoms with Crippen LogP contribution in [0.15, 0.2) is 71.9 Å². The van der Waals surface area contributed by atoms with Crippen molar-refractivity contribution in [1.82, 2.24) is 5.32 Å². The zero-order valence-electron chi connectivity index (χ0n) is 13.8. The van der Waals surface area contributed by atoms with Crippen molar-refractivity contribution in [1.29, 1.82) is 0 Å². The van der Waals surface area contributed by atoms with Crippen molar-refractivity contribution in [2.24, 2.45) is 5.92 Å². The van der Waals surface area contributed by atoms with E-state index in [1.54, 1.807) is 0 Å². The second-order valence-corrected chi connectivity index (χ2v) is 6.30. The predicted octanol–water partition coefficient (Wildman–Crippen LogP) is 4.90. The van der Waals surface area contributed by atoms with E-state index in [1.165, 1.54) is 5.56 Å². The van der Waals surface area contributed by atoms with E-state index in [9.17, 15) is 4.79 Å². The lowest BCUT2D eigenvalue weighted by Gasteiger charge is -2.21. The predicted molar refractivity (Wildman–Crippen MR) is 94.2 cm³/mol. The molecule has 2 atom stereocenters. The van der Waals surface area contributed by atoms with Gasteiger partial charge >= 0.3 is 0 Å². The molecule has 0 spiro atoms. The van der Waals surface area contributed by atoms with Gasteiger partial charge < -0.3 is 5.32 Å². The maximum atomic E-state index is 12.8. The third kappa shape index (κ3) is 3.37. The average Bonchev–Trinajstić information content (AvgIpc) is 2.96. The molecule has 0 heterocycles. The number of allylic oxidation sites excluding steroid dienone is 2. The number of carbonyl (C=O) groups excluding carboxylic acids is 1. The molecule has 1 aliphatic rings. The molecule has 0 aliphatic heterocycles. The van der Waals surface area contributed by atoms with E-state index in [4.69, 9.17) is 0 Å². The Labute approximate surface area is 138 Å². The smallest absolute Gasteiger partial charge is 0.190 e. The van der Waals surface area contributed by atoms with Gasteiger partial charge in [0.25, 0.3) is 0 Å². The van der Waals surface area contributed by atoms with Crippen LogP contribution in [0.5, 0.6) is 0 Å². The molecule has 2 aromatic rings. The molecular weight excluding hydrogens is 282 g/mol. The molecule has 0 unspecified atom stereocenters. The van der Waals surface area contributed by atoms with Crippen LogP contribution in [0.2, 0.25) is 0 Å². The van der Waals surface area contributed by atoms with Crippen LogP contribution in [0.3, 0.4) is 0 Å². The maximum absolute atomic E-state index is 12.8. The van der Waals surface area contributed by atoms with Crippen LogP contribution in [-0.2, 0) is 0 Å². The standard InChI is InChI=1S/C21H23NO/c1-15-13-14-19(21(23)18-11-7-4-8-12-18)20(15)22-16(2)17-9-5-3-6-10-17/h3-12,15-16,22H,13-14H2,1-2H3/t15-,16-/m1/s1. The first kappa shape index (κ1) is 15.5. The van der Waals surface area contributed by atoms with E-state index < -0.39 is 0 Å². The summed E-state index contributed by atoms with van der Waals surface area (Å²) < 4.78 is 0. The fourth-order valence-corrected chi connectivity index (χ4v) is 3.22. The Hall–Kier alpha value is -2.35. The van der Waals surface area contributed by atoms with Gasteiger partial charge in [0.1, 0.15) is 0 Å². The molecule has 0 radical (unpaired) electrons. The topological polar surface area (TPSA) is 29.1 Å². The lowest BCUT2D eigenvalue weighted by atomic mass is 10.0. The Kier molecular flexibility index (Phi) is 4.61. The second kappa shape index (κ2) is 6.82. The highest BCUT2D eigenvalue weighted by Gasteiger charge is 2.28. The summed E-state index contributed by atoms with van der Waals surface area (Å²) in [5, 5.41) is 3.60. The summed E-state index contributed by atoms with van der Waals surface area (Å²) in [5.41, 5.74) is 4.09. The van der Waals surface area contributed by atoms with Crippen molar-refractivity contribution in [3.8, 4) is 0 Å². The number of benzene rings is 2. The van der Waals surface area contributed by atoms with E-state index in [2.05, 4.69) is 43.4 Å². The van der Waals surface area contributed by atoms with E-state index in [0.29, 0.717) is 5.92 Å². The number of ketones is 1. The van der Waals surface area contributed by atoms with E-state index in [-0.39, 0.29) is 11.8 Å². The Morgan fingerprint density at radius 1 is 1.04 bits per heavy atom. The van der Waals surface area contributed by atoms with Gasteiger partial charge in [-0.05, 0) is 31.2 Å². The number of carbonyl (C=O) groups is 1. The molecule has 2 aromatic carbocycles. The summed E-state index contributed by atoms with van der Waals surface area (Å²) >= 11 is 0. The molecule has 0 fully saturated rings. The third-order valence-electron chi connectivity index (χ3n) is 4.63. The molecule has 118 valence electrons. The summed E-state index contributed by atoms with van der Waals surface area (Å²) in [6, 6.07) is 20.2. The van der Waals surface area contributed by atoms with Crippen molar-refractivity contribution in [2.75, 3.05) is 0 Å². The van der Waals surface area contributed by atoms with Crippen LogP contribution >= 0.6 is 0 Å². The Balaban J connectivity index is 1.86. The zero-order chi connectivity index (χ0) is 16.2. The molecule has 2 nitrogen and oxygen atoms in total. The molecule has 0 saturated carbocycles. The molecule has 3 rings (SSSR count). The number of Topliss-reactive ketones (excluding diaryl/α,β-unsaturated/α-hetero) is 1. The van der Waals surface area contributed by atoms with Crippen molar-refractivity contribution in [3.05, 3.63) is 83.1 Å². The number of nitrogens with one attached hydrogen (secondary N) is 1. The van der Waals surface area contributed by atoms with Gasteiger partial charge in [-0.3, -0.25) is 4.79 Å².